The van der Waals surface area contributed by atoms with Crippen LogP contribution >= 0.6 is 11.8 Å². The summed E-state index contributed by atoms with van der Waals surface area (Å²) < 4.78 is 5.93. The third-order valence-electron chi connectivity index (χ3n) is 8.92. The number of non-ortho nitro benzene ring substituents is 1. The molecule has 2 aliphatic carbocycles. The van der Waals surface area contributed by atoms with Crippen LogP contribution in [0, 0.1) is 26.9 Å². The number of anilines is 1. The first kappa shape index (κ1) is 26.1. The van der Waals surface area contributed by atoms with Crippen molar-refractivity contribution < 1.29 is 19.2 Å². The number of hydrogen-bond donors (Lipinski definition) is 1. The van der Waals surface area contributed by atoms with Crippen LogP contribution in [0.5, 0.6) is 5.75 Å². The minimum atomic E-state index is -0.455. The van der Waals surface area contributed by atoms with Crippen LogP contribution in [0.1, 0.15) is 45.8 Å². The van der Waals surface area contributed by atoms with E-state index in [4.69, 9.17) is 9.52 Å². The first-order valence-electron chi connectivity index (χ1n) is 13.1. The number of amides is 1. The number of carbonyl (C=O) groups excluding carboxylic acids is 1. The van der Waals surface area contributed by atoms with Crippen molar-refractivity contribution in [2.45, 2.75) is 40.0 Å². The summed E-state index contributed by atoms with van der Waals surface area (Å²) in [6.45, 7) is 6.89. The van der Waals surface area contributed by atoms with E-state index < -0.39 is 4.92 Å². The van der Waals surface area contributed by atoms with Gasteiger partial charge in [0.2, 0.25) is 5.17 Å². The van der Waals surface area contributed by atoms with Gasteiger partial charge in [-0.3, -0.25) is 19.8 Å². The summed E-state index contributed by atoms with van der Waals surface area (Å²) in [7, 11) is 0. The molecular weight excluding hydrogens is 528 g/mol. The number of thioether (sulfide) groups is 1. The van der Waals surface area contributed by atoms with Gasteiger partial charge in [0.1, 0.15) is 17.3 Å². The first-order valence-corrected chi connectivity index (χ1v) is 13.9. The van der Waals surface area contributed by atoms with Crippen LogP contribution in [0.4, 0.5) is 11.4 Å². The number of fused-ring (bicyclic) bond motifs is 2. The molecule has 2 unspecified atom stereocenters. The average Bonchev–Trinajstić information content (AvgIpc) is 3.63. The van der Waals surface area contributed by atoms with Crippen molar-refractivity contribution >= 4 is 46.0 Å². The second-order valence-corrected chi connectivity index (χ2v) is 12.2. The van der Waals surface area contributed by atoms with Gasteiger partial charge in [-0.1, -0.05) is 32.9 Å². The number of benzene rings is 2. The maximum Gasteiger partial charge on any atom is 0.271 e. The van der Waals surface area contributed by atoms with Gasteiger partial charge in [0.05, 0.1) is 15.5 Å². The lowest BCUT2D eigenvalue weighted by Crippen LogP contribution is -2.32. The number of furan rings is 1. The lowest BCUT2D eigenvalue weighted by Gasteiger charge is -2.34. The highest BCUT2D eigenvalue weighted by molar-refractivity contribution is 8.19. The minimum Gasteiger partial charge on any atom is -0.508 e. The average molecular weight is 557 g/mol. The van der Waals surface area contributed by atoms with Gasteiger partial charge in [0.25, 0.3) is 11.6 Å². The molecule has 2 heterocycles. The van der Waals surface area contributed by atoms with Crippen LogP contribution in [-0.4, -0.2) is 26.8 Å². The van der Waals surface area contributed by atoms with Crippen molar-refractivity contribution in [2.75, 3.05) is 4.90 Å². The fourth-order valence-corrected chi connectivity index (χ4v) is 6.95. The summed E-state index contributed by atoms with van der Waals surface area (Å²) in [6, 6.07) is 16.0. The molecule has 2 atom stereocenters. The summed E-state index contributed by atoms with van der Waals surface area (Å²) >= 11 is 1.20. The Morgan fingerprint density at radius 2 is 1.90 bits per heavy atom. The molecule has 3 aliphatic rings. The maximum atomic E-state index is 13.6. The SMILES string of the molecule is CC12CCC(CC1=NN=C1SC(=Cc3ccc(-c4cccc([N+](=O)[O-])c4)o3)C(=O)N1c1ccc(O)cc1)C2(C)C. The molecule has 1 amide bonds. The molecule has 1 N–H and O–H groups in total. The van der Waals surface area contributed by atoms with Gasteiger partial charge in [-0.15, -0.1) is 5.10 Å². The number of nitrogens with zero attached hydrogens (tertiary/aromatic N) is 4. The standard InChI is InChI=1S/C30H28N4O5S/c1-29(2)19-13-14-30(29,3)26(16-19)31-32-28-33(20-7-9-22(35)10-8-20)27(36)25(40-28)17-23-11-12-24(39-23)18-5-4-6-21(15-18)34(37)38/h4-12,15,17,19,35H,13-14,16H2,1-3H3. The Kier molecular flexibility index (Phi) is 6.18. The highest BCUT2D eigenvalue weighted by atomic mass is 32.2. The summed E-state index contributed by atoms with van der Waals surface area (Å²) in [5, 5.41) is 30.7. The Bertz CT molecular complexity index is 1620. The quantitative estimate of drug-likeness (QED) is 0.201. The molecular formula is C30H28N4O5S. The van der Waals surface area contributed by atoms with E-state index in [9.17, 15) is 20.0 Å². The van der Waals surface area contributed by atoms with Crippen LogP contribution in [0.2, 0.25) is 0 Å². The molecule has 10 heteroatoms. The fraction of sp³-hybridized carbons (Fsp3) is 0.300. The highest BCUT2D eigenvalue weighted by Gasteiger charge is 2.60. The third kappa shape index (κ3) is 4.23. The van der Waals surface area contributed by atoms with E-state index in [2.05, 4.69) is 25.9 Å². The second kappa shape index (κ2) is 9.48. The number of phenols is 1. The van der Waals surface area contributed by atoms with Crippen molar-refractivity contribution in [2.24, 2.45) is 27.0 Å². The van der Waals surface area contributed by atoms with E-state index in [0.717, 1.165) is 18.6 Å². The van der Waals surface area contributed by atoms with E-state index in [1.54, 1.807) is 42.5 Å². The van der Waals surface area contributed by atoms with Gasteiger partial charge in [-0.25, -0.2) is 0 Å². The van der Waals surface area contributed by atoms with E-state index >= 15 is 0 Å². The molecule has 1 aliphatic heterocycles. The fourth-order valence-electron chi connectivity index (χ4n) is 6.04. The topological polar surface area (TPSA) is 122 Å². The number of amidine groups is 1. The zero-order valence-corrected chi connectivity index (χ0v) is 23.1. The molecule has 1 aromatic heterocycles. The maximum absolute atomic E-state index is 13.6. The molecule has 9 nitrogen and oxygen atoms in total. The molecule has 3 fully saturated rings. The van der Waals surface area contributed by atoms with Gasteiger partial charge < -0.3 is 9.52 Å². The molecule has 3 aromatic rings. The molecule has 2 bridgehead atoms. The first-order chi connectivity index (χ1) is 19.1. The van der Waals surface area contributed by atoms with Crippen LogP contribution in [0.15, 0.2) is 80.2 Å². The van der Waals surface area contributed by atoms with Crippen LogP contribution in [0.3, 0.4) is 0 Å². The lowest BCUT2D eigenvalue weighted by atomic mass is 9.70. The third-order valence-corrected chi connectivity index (χ3v) is 9.88. The molecule has 204 valence electrons. The van der Waals surface area contributed by atoms with Crippen LogP contribution < -0.4 is 4.90 Å². The monoisotopic (exact) mass is 556 g/mol. The predicted molar refractivity (Wildman–Crippen MR) is 156 cm³/mol. The Hall–Kier alpha value is -4.18. The largest absolute Gasteiger partial charge is 0.508 e. The summed E-state index contributed by atoms with van der Waals surface area (Å²) in [4.78, 5) is 26.2. The molecule has 0 radical (unpaired) electrons. The zero-order chi connectivity index (χ0) is 28.2. The lowest BCUT2D eigenvalue weighted by molar-refractivity contribution is -0.384. The molecule has 2 saturated carbocycles. The summed E-state index contributed by atoms with van der Waals surface area (Å²) in [5.74, 6) is 1.27. The summed E-state index contributed by atoms with van der Waals surface area (Å²) in [5.41, 5.74) is 2.31. The van der Waals surface area contributed by atoms with E-state index in [1.807, 2.05) is 0 Å². The number of nitro groups is 1. The smallest absolute Gasteiger partial charge is 0.271 e. The Balaban J connectivity index is 1.34. The van der Waals surface area contributed by atoms with Crippen molar-refractivity contribution in [1.82, 2.24) is 0 Å². The van der Waals surface area contributed by atoms with Gasteiger partial charge >= 0.3 is 0 Å². The predicted octanol–water partition coefficient (Wildman–Crippen LogP) is 7.24. The number of carbonyl (C=O) groups is 1. The van der Waals surface area contributed by atoms with Crippen molar-refractivity contribution in [3.63, 3.8) is 0 Å². The number of phenolic OH excluding ortho intramolecular Hbond substituents is 1. The van der Waals surface area contributed by atoms with Gasteiger partial charge in [0, 0.05) is 34.9 Å². The van der Waals surface area contributed by atoms with Crippen LogP contribution in [0.25, 0.3) is 17.4 Å². The Morgan fingerprint density at radius 3 is 2.58 bits per heavy atom. The van der Waals surface area contributed by atoms with E-state index in [-0.39, 0.29) is 28.2 Å². The number of nitro benzene ring substituents is 1. The molecule has 2 aromatic carbocycles. The Labute approximate surface area is 235 Å². The number of rotatable bonds is 5. The normalized spacial score (nSPS) is 26.5. The molecule has 0 spiro atoms. The van der Waals surface area contributed by atoms with E-state index in [0.29, 0.717) is 38.8 Å². The van der Waals surface area contributed by atoms with Crippen molar-refractivity contribution in [3.05, 3.63) is 81.4 Å². The van der Waals surface area contributed by atoms with Crippen molar-refractivity contribution in [1.29, 1.82) is 0 Å². The molecule has 6 rings (SSSR count). The number of aromatic hydroxyl groups is 1. The highest BCUT2D eigenvalue weighted by Crippen LogP contribution is 2.64. The van der Waals surface area contributed by atoms with Gasteiger partial charge in [-0.05, 0) is 78.8 Å². The summed E-state index contributed by atoms with van der Waals surface area (Å²) in [6.07, 6.45) is 4.82. The molecule has 40 heavy (non-hydrogen) atoms. The molecule has 1 saturated heterocycles. The van der Waals surface area contributed by atoms with Crippen molar-refractivity contribution in [3.8, 4) is 17.1 Å². The van der Waals surface area contributed by atoms with Crippen LogP contribution in [-0.2, 0) is 4.79 Å². The van der Waals surface area contributed by atoms with Gasteiger partial charge in [-0.2, -0.15) is 5.10 Å². The zero-order valence-electron chi connectivity index (χ0n) is 22.3. The second-order valence-electron chi connectivity index (χ2n) is 11.2. The minimum absolute atomic E-state index is 0.0197. The van der Waals surface area contributed by atoms with Gasteiger partial charge in [0.15, 0.2) is 0 Å². The van der Waals surface area contributed by atoms with E-state index in [1.165, 1.54) is 47.3 Å². The number of hydrogen-bond acceptors (Lipinski definition) is 8. The Morgan fingerprint density at radius 1 is 1.12 bits per heavy atom.